The number of ether oxygens (including phenoxy) is 1. The van der Waals surface area contributed by atoms with Gasteiger partial charge in [-0.15, -0.1) is 10.2 Å². The maximum absolute atomic E-state index is 13.2. The molecule has 0 bridgehead atoms. The molecule has 164 valence electrons. The van der Waals surface area contributed by atoms with E-state index >= 15 is 0 Å². The molecule has 0 aliphatic heterocycles. The maximum atomic E-state index is 13.2. The quantitative estimate of drug-likeness (QED) is 0.430. The zero-order chi connectivity index (χ0) is 22.6. The fourth-order valence-corrected chi connectivity index (χ4v) is 3.45. The van der Waals surface area contributed by atoms with E-state index in [-0.39, 0.29) is 21.8 Å². The Hall–Kier alpha value is -2.72. The molecular weight excluding hydrogens is 455 g/mol. The van der Waals surface area contributed by atoms with Crippen LogP contribution < -0.4 is 10.1 Å². The van der Waals surface area contributed by atoms with Crippen LogP contribution in [0.15, 0.2) is 52.1 Å². The van der Waals surface area contributed by atoms with Gasteiger partial charge in [-0.05, 0) is 44.2 Å². The number of aromatic nitrogens is 2. The van der Waals surface area contributed by atoms with Gasteiger partial charge in [-0.1, -0.05) is 35.5 Å². The molecule has 0 saturated carbocycles. The highest BCUT2D eigenvalue weighted by Gasteiger charge is 2.34. The van der Waals surface area contributed by atoms with Gasteiger partial charge in [0.1, 0.15) is 5.75 Å². The van der Waals surface area contributed by atoms with Crippen LogP contribution in [0.3, 0.4) is 0 Å². The van der Waals surface area contributed by atoms with Gasteiger partial charge in [-0.3, -0.25) is 4.79 Å². The highest BCUT2D eigenvalue weighted by atomic mass is 35.5. The van der Waals surface area contributed by atoms with Gasteiger partial charge < -0.3 is 14.5 Å². The summed E-state index contributed by atoms with van der Waals surface area (Å²) in [6.45, 7) is 3.81. The number of benzene rings is 2. The van der Waals surface area contributed by atoms with E-state index in [0.717, 1.165) is 23.9 Å². The molecule has 0 radical (unpaired) electrons. The standard InChI is InChI=1S/C20H17ClF3N3O3S/c1-3-29-16-7-5-4-6-13(16)18-26-27-19(30-18)31-11(2)17(28)25-15-9-8-12(21)10-14(15)20(22,23)24/h4-11H,3H2,1-2H3,(H,25,28). The van der Waals surface area contributed by atoms with E-state index in [2.05, 4.69) is 15.5 Å². The first-order chi connectivity index (χ1) is 14.7. The Kier molecular flexibility index (Phi) is 7.11. The number of hydrogen-bond donors (Lipinski definition) is 1. The van der Waals surface area contributed by atoms with Crippen molar-refractivity contribution in [2.45, 2.75) is 30.5 Å². The summed E-state index contributed by atoms with van der Waals surface area (Å²) in [4.78, 5) is 12.5. The highest BCUT2D eigenvalue weighted by Crippen LogP contribution is 2.37. The fraction of sp³-hybridized carbons (Fsp3) is 0.250. The molecule has 0 spiro atoms. The Labute approximate surface area is 185 Å². The summed E-state index contributed by atoms with van der Waals surface area (Å²) in [6, 6.07) is 10.2. The zero-order valence-electron chi connectivity index (χ0n) is 16.4. The second-order valence-electron chi connectivity index (χ2n) is 6.24. The second kappa shape index (κ2) is 9.61. The van der Waals surface area contributed by atoms with Gasteiger partial charge in [0.2, 0.25) is 5.91 Å². The van der Waals surface area contributed by atoms with E-state index in [1.165, 1.54) is 13.0 Å². The highest BCUT2D eigenvalue weighted by molar-refractivity contribution is 8.00. The van der Waals surface area contributed by atoms with E-state index in [4.69, 9.17) is 20.8 Å². The first-order valence-corrected chi connectivity index (χ1v) is 10.3. The number of rotatable bonds is 7. The molecule has 0 fully saturated rings. The minimum Gasteiger partial charge on any atom is -0.493 e. The lowest BCUT2D eigenvalue weighted by molar-refractivity contribution is -0.137. The van der Waals surface area contributed by atoms with E-state index in [1.807, 2.05) is 6.92 Å². The van der Waals surface area contributed by atoms with Crippen molar-refractivity contribution in [2.75, 3.05) is 11.9 Å². The number of nitrogens with one attached hydrogen (secondary N) is 1. The predicted molar refractivity (Wildman–Crippen MR) is 111 cm³/mol. The summed E-state index contributed by atoms with van der Waals surface area (Å²) < 4.78 is 50.8. The van der Waals surface area contributed by atoms with Gasteiger partial charge >= 0.3 is 6.18 Å². The van der Waals surface area contributed by atoms with E-state index in [1.54, 1.807) is 24.3 Å². The van der Waals surface area contributed by atoms with Gasteiger partial charge in [-0.2, -0.15) is 13.2 Å². The SMILES string of the molecule is CCOc1ccccc1-c1nnc(SC(C)C(=O)Nc2ccc(Cl)cc2C(F)(F)F)o1. The number of carbonyl (C=O) groups is 1. The largest absolute Gasteiger partial charge is 0.493 e. The summed E-state index contributed by atoms with van der Waals surface area (Å²) in [5.74, 6) is 0.113. The molecular formula is C20H17ClF3N3O3S. The number of alkyl halides is 3. The average molecular weight is 472 g/mol. The summed E-state index contributed by atoms with van der Waals surface area (Å²) in [7, 11) is 0. The van der Waals surface area contributed by atoms with Crippen molar-refractivity contribution in [1.29, 1.82) is 0 Å². The van der Waals surface area contributed by atoms with Crippen molar-refractivity contribution in [1.82, 2.24) is 10.2 Å². The van der Waals surface area contributed by atoms with Crippen LogP contribution in [-0.4, -0.2) is 28.0 Å². The normalized spacial score (nSPS) is 12.5. The van der Waals surface area contributed by atoms with Crippen LogP contribution in [0.1, 0.15) is 19.4 Å². The van der Waals surface area contributed by atoms with Crippen molar-refractivity contribution >= 4 is 35.0 Å². The first kappa shape index (κ1) is 23.0. The van der Waals surface area contributed by atoms with Crippen molar-refractivity contribution in [2.24, 2.45) is 0 Å². The zero-order valence-corrected chi connectivity index (χ0v) is 17.9. The third kappa shape index (κ3) is 5.71. The van der Waals surface area contributed by atoms with E-state index < -0.39 is 22.9 Å². The topological polar surface area (TPSA) is 77.2 Å². The van der Waals surface area contributed by atoms with Crippen LogP contribution in [0.5, 0.6) is 5.75 Å². The molecule has 2 aromatic carbocycles. The van der Waals surface area contributed by atoms with Crippen molar-refractivity contribution < 1.29 is 27.1 Å². The lowest BCUT2D eigenvalue weighted by Gasteiger charge is -2.15. The molecule has 1 N–H and O–H groups in total. The van der Waals surface area contributed by atoms with E-state index in [0.29, 0.717) is 17.9 Å². The number of thioether (sulfide) groups is 1. The molecule has 1 unspecified atom stereocenters. The Balaban J connectivity index is 1.72. The number of hydrogen-bond acceptors (Lipinski definition) is 6. The third-order valence-electron chi connectivity index (χ3n) is 4.02. The second-order valence-corrected chi connectivity index (χ2v) is 7.97. The molecule has 3 rings (SSSR count). The monoisotopic (exact) mass is 471 g/mol. The van der Waals surface area contributed by atoms with Crippen molar-refractivity contribution in [3.05, 3.63) is 53.1 Å². The molecule has 1 heterocycles. The van der Waals surface area contributed by atoms with Gasteiger partial charge in [0.15, 0.2) is 0 Å². The molecule has 31 heavy (non-hydrogen) atoms. The van der Waals surface area contributed by atoms with Crippen LogP contribution in [0.25, 0.3) is 11.5 Å². The number of para-hydroxylation sites is 1. The predicted octanol–water partition coefficient (Wildman–Crippen LogP) is 5.93. The van der Waals surface area contributed by atoms with Crippen LogP contribution in [0.2, 0.25) is 5.02 Å². The number of anilines is 1. The molecule has 0 aliphatic rings. The Morgan fingerprint density at radius 1 is 1.26 bits per heavy atom. The minimum atomic E-state index is -4.67. The van der Waals surface area contributed by atoms with Crippen LogP contribution in [0, 0.1) is 0 Å². The lowest BCUT2D eigenvalue weighted by Crippen LogP contribution is -2.24. The third-order valence-corrected chi connectivity index (χ3v) is 5.18. The maximum Gasteiger partial charge on any atom is 0.418 e. The van der Waals surface area contributed by atoms with Gasteiger partial charge in [0.25, 0.3) is 11.1 Å². The van der Waals surface area contributed by atoms with E-state index in [9.17, 15) is 18.0 Å². The van der Waals surface area contributed by atoms with Crippen LogP contribution in [-0.2, 0) is 11.0 Å². The fourth-order valence-electron chi connectivity index (χ4n) is 2.59. The minimum absolute atomic E-state index is 0.0847. The smallest absolute Gasteiger partial charge is 0.418 e. The van der Waals surface area contributed by atoms with Crippen molar-refractivity contribution in [3.63, 3.8) is 0 Å². The summed E-state index contributed by atoms with van der Waals surface area (Å²) in [6.07, 6.45) is -4.67. The lowest BCUT2D eigenvalue weighted by atomic mass is 10.1. The molecule has 1 amide bonds. The number of carbonyl (C=O) groups excluding carboxylic acids is 1. The Morgan fingerprint density at radius 2 is 2.00 bits per heavy atom. The van der Waals surface area contributed by atoms with Crippen LogP contribution in [0.4, 0.5) is 18.9 Å². The van der Waals surface area contributed by atoms with Gasteiger partial charge in [0, 0.05) is 5.02 Å². The summed E-state index contributed by atoms with van der Waals surface area (Å²) >= 11 is 6.58. The first-order valence-electron chi connectivity index (χ1n) is 9.09. The van der Waals surface area contributed by atoms with Gasteiger partial charge in [0.05, 0.1) is 28.7 Å². The molecule has 0 saturated heterocycles. The number of nitrogens with zero attached hydrogens (tertiary/aromatic N) is 2. The molecule has 6 nitrogen and oxygen atoms in total. The molecule has 1 atom stereocenters. The summed E-state index contributed by atoms with van der Waals surface area (Å²) in [5.41, 5.74) is -0.818. The molecule has 0 aliphatic carbocycles. The summed E-state index contributed by atoms with van der Waals surface area (Å²) in [5, 5.41) is 9.35. The average Bonchev–Trinajstić information content (AvgIpc) is 3.17. The Morgan fingerprint density at radius 3 is 2.71 bits per heavy atom. The Bertz CT molecular complexity index is 1080. The molecule has 1 aromatic heterocycles. The van der Waals surface area contributed by atoms with Crippen LogP contribution >= 0.6 is 23.4 Å². The van der Waals surface area contributed by atoms with Gasteiger partial charge in [-0.25, -0.2) is 0 Å². The molecule has 11 heteroatoms. The van der Waals surface area contributed by atoms with Crippen molar-refractivity contribution in [3.8, 4) is 17.2 Å². The molecule has 3 aromatic rings. The number of amides is 1. The number of halogens is 4.